The van der Waals surface area contributed by atoms with E-state index in [4.69, 9.17) is 45.9 Å². The number of carbonyl (C=O) groups is 6. The van der Waals surface area contributed by atoms with Crippen molar-refractivity contribution in [3.8, 4) is 5.75 Å². The second-order valence-corrected chi connectivity index (χ2v) is 10.7. The lowest BCUT2D eigenvalue weighted by Crippen LogP contribution is -2.40. The zero-order chi connectivity index (χ0) is 37.2. The number of hydrogen-bond acceptors (Lipinski definition) is 10. The summed E-state index contributed by atoms with van der Waals surface area (Å²) in [5, 5.41) is 42.6. The van der Waals surface area contributed by atoms with Crippen LogP contribution in [0.5, 0.6) is 5.75 Å². The number of ether oxygens (including phenoxy) is 1. The minimum atomic E-state index is -5.08. The van der Waals surface area contributed by atoms with Crippen molar-refractivity contribution in [2.24, 2.45) is 11.7 Å². The third-order valence-corrected chi connectivity index (χ3v) is 6.95. The molecule has 1 aromatic heterocycles. The van der Waals surface area contributed by atoms with E-state index in [0.29, 0.717) is 17.7 Å². The minimum absolute atomic E-state index is 0.156. The van der Waals surface area contributed by atoms with Crippen LogP contribution in [0.1, 0.15) is 45.8 Å². The number of rotatable bonds is 12. The highest BCUT2D eigenvalue weighted by atomic mass is 32.1. The van der Waals surface area contributed by atoms with Gasteiger partial charge in [0, 0.05) is 23.4 Å². The summed E-state index contributed by atoms with van der Waals surface area (Å²) in [7, 11) is 0. The van der Waals surface area contributed by atoms with Crippen LogP contribution >= 0.6 is 11.3 Å². The molecular formula is C26H24F7N3O11S. The number of alkyl halides is 6. The molecule has 0 radical (unpaired) electrons. The molecule has 3 rings (SSSR count). The topological polar surface area (TPSA) is 254 Å². The van der Waals surface area contributed by atoms with Crippen LogP contribution in [0, 0.1) is 17.1 Å². The number of Topliss-reactive ketones (excluding diaryl/α,β-unsaturated/α-hetero) is 1. The molecule has 0 saturated heterocycles. The van der Waals surface area contributed by atoms with Crippen molar-refractivity contribution in [3.63, 3.8) is 0 Å². The summed E-state index contributed by atoms with van der Waals surface area (Å²) in [5.41, 5.74) is 4.55. The summed E-state index contributed by atoms with van der Waals surface area (Å²) in [5.74, 6) is -12.0. The van der Waals surface area contributed by atoms with E-state index >= 15 is 0 Å². The van der Waals surface area contributed by atoms with Crippen molar-refractivity contribution in [1.29, 1.82) is 5.41 Å². The Morgan fingerprint density at radius 3 is 1.83 bits per heavy atom. The molecule has 0 unspecified atom stereocenters. The minimum Gasteiger partial charge on any atom is -0.481 e. The van der Waals surface area contributed by atoms with E-state index < -0.39 is 65.9 Å². The van der Waals surface area contributed by atoms with E-state index in [1.807, 2.05) is 0 Å². The van der Waals surface area contributed by atoms with Gasteiger partial charge in [-0.1, -0.05) is 0 Å². The van der Waals surface area contributed by atoms with E-state index in [0.717, 1.165) is 17.4 Å². The van der Waals surface area contributed by atoms with Gasteiger partial charge in [0.15, 0.2) is 17.3 Å². The number of nitrogens with one attached hydrogen (secondary N) is 2. The van der Waals surface area contributed by atoms with E-state index in [9.17, 15) is 49.9 Å². The first-order valence-corrected chi connectivity index (χ1v) is 13.5. The summed E-state index contributed by atoms with van der Waals surface area (Å²) in [6.45, 7) is 0.224. The first kappa shape index (κ1) is 40.9. The number of carboxylic acid groups (broad SMARTS) is 4. The Hall–Kier alpha value is -5.12. The SMILES string of the molecule is N=C(N)c1ccc(OC(=O)c2ccc(CNC3(C(=O)C[C@@H](CC(=O)O)C(=O)O)CC3)s2)c(F)c1.O=C(O)C(F)(F)F.O=C(O)C(F)(F)F. The molecule has 1 heterocycles. The predicted molar refractivity (Wildman–Crippen MR) is 146 cm³/mol. The molecule has 0 spiro atoms. The van der Waals surface area contributed by atoms with Gasteiger partial charge in [0.05, 0.1) is 17.9 Å². The molecule has 1 fully saturated rings. The summed E-state index contributed by atoms with van der Waals surface area (Å²) >= 11 is 1.08. The fraction of sp³-hybridized carbons (Fsp3) is 0.346. The number of carboxylic acids is 4. The fourth-order valence-electron chi connectivity index (χ4n) is 3.30. The van der Waals surface area contributed by atoms with Crippen LogP contribution < -0.4 is 15.8 Å². The highest BCUT2D eigenvalue weighted by Gasteiger charge is 2.49. The van der Waals surface area contributed by atoms with Gasteiger partial charge in [-0.05, 0) is 43.2 Å². The van der Waals surface area contributed by atoms with Crippen LogP contribution in [0.4, 0.5) is 30.7 Å². The van der Waals surface area contributed by atoms with Crippen molar-refractivity contribution < 1.29 is 84.7 Å². The maximum absolute atomic E-state index is 14.1. The number of benzene rings is 1. The molecule has 0 bridgehead atoms. The number of amidine groups is 1. The van der Waals surface area contributed by atoms with Gasteiger partial charge in [-0.15, -0.1) is 11.3 Å². The lowest BCUT2D eigenvalue weighted by atomic mass is 9.94. The Labute approximate surface area is 267 Å². The number of hydrogen-bond donors (Lipinski definition) is 7. The first-order valence-electron chi connectivity index (χ1n) is 12.7. The van der Waals surface area contributed by atoms with E-state index in [2.05, 4.69) is 5.32 Å². The summed E-state index contributed by atoms with van der Waals surface area (Å²) in [4.78, 5) is 65.8. The molecule has 1 aromatic carbocycles. The Kier molecular flexibility index (Phi) is 14.2. The Morgan fingerprint density at radius 1 is 0.917 bits per heavy atom. The lowest BCUT2D eigenvalue weighted by molar-refractivity contribution is -0.193. The highest BCUT2D eigenvalue weighted by molar-refractivity contribution is 7.13. The molecule has 48 heavy (non-hydrogen) atoms. The van der Waals surface area contributed by atoms with Crippen molar-refractivity contribution in [1.82, 2.24) is 5.32 Å². The standard InChI is InChI=1S/C22H22FN3O7S.2C2HF3O2/c23-14-7-11(19(24)25)1-3-15(14)33-21(32)16-4-2-13(34-16)10-26-22(5-6-22)17(27)8-12(20(30)31)9-18(28)29;2*3-2(4,5)1(6)7/h1-4,7,12,26H,5-6,8-10H2,(H3,24,25)(H,28,29)(H,30,31);2*(H,6,7)/t12-;;/m0../s1. The van der Waals surface area contributed by atoms with E-state index in [-0.39, 0.29) is 40.8 Å². The highest BCUT2D eigenvalue weighted by Crippen LogP contribution is 2.39. The van der Waals surface area contributed by atoms with Gasteiger partial charge in [-0.2, -0.15) is 26.3 Å². The molecule has 0 aliphatic heterocycles. The number of carbonyl (C=O) groups excluding carboxylic acids is 2. The van der Waals surface area contributed by atoms with Crippen LogP contribution in [0.2, 0.25) is 0 Å². The van der Waals surface area contributed by atoms with Gasteiger partial charge in [-0.25, -0.2) is 18.8 Å². The van der Waals surface area contributed by atoms with Crippen molar-refractivity contribution >= 4 is 52.8 Å². The van der Waals surface area contributed by atoms with Crippen LogP contribution in [-0.2, 0) is 30.5 Å². The average molecular weight is 720 g/mol. The van der Waals surface area contributed by atoms with Crippen LogP contribution in [0.25, 0.3) is 0 Å². The molecule has 1 saturated carbocycles. The largest absolute Gasteiger partial charge is 0.490 e. The zero-order valence-corrected chi connectivity index (χ0v) is 24.6. The van der Waals surface area contributed by atoms with Crippen molar-refractivity contribution in [2.75, 3.05) is 0 Å². The Balaban J connectivity index is 0.000000687. The number of nitrogen functional groups attached to an aromatic ring is 1. The van der Waals surface area contributed by atoms with Gasteiger partial charge < -0.3 is 30.9 Å². The molecule has 8 N–H and O–H groups in total. The maximum Gasteiger partial charge on any atom is 0.490 e. The normalized spacial score (nSPS) is 13.7. The molecule has 1 atom stereocenters. The molecule has 264 valence electrons. The maximum atomic E-state index is 14.1. The zero-order valence-electron chi connectivity index (χ0n) is 23.8. The third-order valence-electron chi connectivity index (χ3n) is 5.88. The number of halogens is 7. The van der Waals surface area contributed by atoms with Crippen LogP contribution in [-0.4, -0.2) is 79.8 Å². The third kappa shape index (κ3) is 13.3. The smallest absolute Gasteiger partial charge is 0.481 e. The number of ketones is 1. The lowest BCUT2D eigenvalue weighted by Gasteiger charge is -2.18. The molecule has 22 heteroatoms. The number of thiophene rings is 1. The number of nitrogens with two attached hydrogens (primary N) is 1. The molecular weight excluding hydrogens is 695 g/mol. The predicted octanol–water partition coefficient (Wildman–Crippen LogP) is 3.41. The number of esters is 1. The van der Waals surface area contributed by atoms with E-state index in [1.165, 1.54) is 18.2 Å². The first-order chi connectivity index (χ1) is 21.9. The molecule has 1 aliphatic carbocycles. The summed E-state index contributed by atoms with van der Waals surface area (Å²) in [6.07, 6.45) is -10.2. The van der Waals surface area contributed by atoms with Crippen molar-refractivity contribution in [3.05, 3.63) is 51.5 Å². The molecule has 1 aliphatic rings. The Morgan fingerprint density at radius 2 is 1.44 bits per heavy atom. The quantitative estimate of drug-likeness (QED) is 0.0547. The average Bonchev–Trinajstić information content (AvgIpc) is 3.60. The van der Waals surface area contributed by atoms with Gasteiger partial charge >= 0.3 is 42.2 Å². The van der Waals surface area contributed by atoms with Gasteiger partial charge in [0.25, 0.3) is 0 Å². The molecule has 14 nitrogen and oxygen atoms in total. The van der Waals surface area contributed by atoms with Gasteiger partial charge in [0.2, 0.25) is 0 Å². The molecule has 0 amide bonds. The van der Waals surface area contributed by atoms with E-state index in [1.54, 1.807) is 6.07 Å². The monoisotopic (exact) mass is 719 g/mol. The van der Waals surface area contributed by atoms with Gasteiger partial charge in [0.1, 0.15) is 10.7 Å². The van der Waals surface area contributed by atoms with Gasteiger partial charge in [-0.3, -0.25) is 25.1 Å². The van der Waals surface area contributed by atoms with Crippen molar-refractivity contribution in [2.45, 2.75) is 50.1 Å². The molecule has 2 aromatic rings. The number of aliphatic carboxylic acids is 4. The second-order valence-electron chi connectivity index (χ2n) is 9.52. The van der Waals surface area contributed by atoms with Crippen LogP contribution in [0.3, 0.4) is 0 Å². The van der Waals surface area contributed by atoms with Crippen LogP contribution in [0.15, 0.2) is 30.3 Å². The Bertz CT molecular complexity index is 1530. The second kappa shape index (κ2) is 16.6. The summed E-state index contributed by atoms with van der Waals surface area (Å²) < 4.78 is 82.7. The fourth-order valence-corrected chi connectivity index (χ4v) is 4.12. The summed E-state index contributed by atoms with van der Waals surface area (Å²) in [6, 6.07) is 6.70.